The average Bonchev–Trinajstić information content (AvgIpc) is 2.54. The fourth-order valence-electron chi connectivity index (χ4n) is 2.93. The molecule has 3 rings (SSSR count). The smallest absolute Gasteiger partial charge is 0.340 e. The largest absolute Gasteiger partial charge is 0.456 e. The lowest BCUT2D eigenvalue weighted by Gasteiger charge is -2.33. The number of para-hydroxylation sites is 2. The summed E-state index contributed by atoms with van der Waals surface area (Å²) in [5.41, 5.74) is 7.99. The molecule has 0 saturated heterocycles. The van der Waals surface area contributed by atoms with Crippen molar-refractivity contribution in [2.24, 2.45) is 5.73 Å². The van der Waals surface area contributed by atoms with Gasteiger partial charge in [-0.25, -0.2) is 4.79 Å². The summed E-state index contributed by atoms with van der Waals surface area (Å²) < 4.78 is 5.50. The maximum atomic E-state index is 12.8. The van der Waals surface area contributed by atoms with Gasteiger partial charge in [0.05, 0.1) is 23.0 Å². The molecule has 25 heavy (non-hydrogen) atoms. The van der Waals surface area contributed by atoms with E-state index in [1.54, 1.807) is 24.3 Å². The van der Waals surface area contributed by atoms with Crippen molar-refractivity contribution in [2.75, 3.05) is 4.90 Å². The van der Waals surface area contributed by atoms with Gasteiger partial charge < -0.3 is 10.5 Å². The normalized spacial score (nSPS) is 17.2. The molecule has 130 valence electrons. The first kappa shape index (κ1) is 17.2. The predicted molar refractivity (Wildman–Crippen MR) is 96.9 cm³/mol. The molecular formula is C20H22N2O3. The first-order chi connectivity index (χ1) is 11.8. The summed E-state index contributed by atoms with van der Waals surface area (Å²) in [6, 6.07) is 13.9. The van der Waals surface area contributed by atoms with E-state index in [0.29, 0.717) is 17.7 Å². The summed E-state index contributed by atoms with van der Waals surface area (Å²) in [6.45, 7) is 5.43. The second-order valence-corrected chi connectivity index (χ2v) is 7.13. The molecular weight excluding hydrogens is 316 g/mol. The Morgan fingerprint density at radius 1 is 1.08 bits per heavy atom. The van der Waals surface area contributed by atoms with E-state index in [1.165, 1.54) is 4.90 Å². The van der Waals surface area contributed by atoms with Crippen LogP contribution in [0.5, 0.6) is 0 Å². The van der Waals surface area contributed by atoms with Crippen LogP contribution in [0, 0.1) is 0 Å². The molecule has 5 heteroatoms. The van der Waals surface area contributed by atoms with Gasteiger partial charge in [0.2, 0.25) is 5.91 Å². The van der Waals surface area contributed by atoms with Crippen LogP contribution in [-0.4, -0.2) is 23.5 Å². The van der Waals surface area contributed by atoms with Gasteiger partial charge in [-0.3, -0.25) is 9.69 Å². The lowest BCUT2D eigenvalue weighted by atomic mass is 9.96. The van der Waals surface area contributed by atoms with E-state index >= 15 is 0 Å². The van der Waals surface area contributed by atoms with Gasteiger partial charge in [-0.05, 0) is 51.0 Å². The van der Waals surface area contributed by atoms with E-state index in [4.69, 9.17) is 10.5 Å². The Hall–Kier alpha value is -2.66. The average molecular weight is 338 g/mol. The number of ether oxygens (including phenoxy) is 1. The van der Waals surface area contributed by atoms with E-state index in [9.17, 15) is 9.59 Å². The van der Waals surface area contributed by atoms with Crippen LogP contribution in [0.4, 0.5) is 11.4 Å². The fourth-order valence-corrected chi connectivity index (χ4v) is 2.93. The molecule has 1 unspecified atom stereocenters. The molecule has 5 nitrogen and oxygen atoms in total. The second kappa shape index (κ2) is 6.33. The molecule has 0 saturated carbocycles. The summed E-state index contributed by atoms with van der Waals surface area (Å²) in [4.78, 5) is 27.0. The summed E-state index contributed by atoms with van der Waals surface area (Å²) in [7, 11) is 0. The zero-order chi connectivity index (χ0) is 18.2. The Bertz CT molecular complexity index is 824. The number of anilines is 2. The van der Waals surface area contributed by atoms with Gasteiger partial charge in [-0.1, -0.05) is 30.3 Å². The number of hydrogen-bond acceptors (Lipinski definition) is 4. The van der Waals surface area contributed by atoms with E-state index < -0.39 is 17.6 Å². The number of hydrogen-bond donors (Lipinski definition) is 1. The molecule has 0 aromatic heterocycles. The highest BCUT2D eigenvalue weighted by Crippen LogP contribution is 2.36. The maximum absolute atomic E-state index is 12.8. The molecule has 2 N–H and O–H groups in total. The molecule has 1 atom stereocenters. The summed E-state index contributed by atoms with van der Waals surface area (Å²) >= 11 is 0. The summed E-state index contributed by atoms with van der Waals surface area (Å²) in [6.07, 6.45) is 0.486. The molecule has 2 aromatic carbocycles. The van der Waals surface area contributed by atoms with E-state index in [0.717, 1.165) is 11.3 Å². The van der Waals surface area contributed by atoms with Gasteiger partial charge >= 0.3 is 5.97 Å². The van der Waals surface area contributed by atoms with Crippen LogP contribution < -0.4 is 10.6 Å². The Morgan fingerprint density at radius 2 is 1.68 bits per heavy atom. The SMILES string of the molecule is CC(C)(C)OC(=O)c1ccccc1N1C(=O)C(N)Cc2ccccc21. The van der Waals surface area contributed by atoms with Crippen LogP contribution in [0.2, 0.25) is 0 Å². The predicted octanol–water partition coefficient (Wildman–Crippen LogP) is 3.19. The zero-order valence-electron chi connectivity index (χ0n) is 14.7. The highest BCUT2D eigenvalue weighted by atomic mass is 16.6. The number of nitrogens with zero attached hydrogens (tertiary/aromatic N) is 1. The van der Waals surface area contributed by atoms with Crippen LogP contribution in [-0.2, 0) is 16.0 Å². The highest BCUT2D eigenvalue weighted by Gasteiger charge is 2.34. The fraction of sp³-hybridized carbons (Fsp3) is 0.300. The first-order valence-corrected chi connectivity index (χ1v) is 8.28. The van der Waals surface area contributed by atoms with Crippen molar-refractivity contribution in [1.29, 1.82) is 0 Å². The number of nitrogens with two attached hydrogens (primary N) is 1. The van der Waals surface area contributed by atoms with Crippen molar-refractivity contribution in [1.82, 2.24) is 0 Å². The summed E-state index contributed by atoms with van der Waals surface area (Å²) in [5.74, 6) is -0.692. The van der Waals surface area contributed by atoms with Crippen LogP contribution >= 0.6 is 0 Å². The Morgan fingerprint density at radius 3 is 2.36 bits per heavy atom. The van der Waals surface area contributed by atoms with Crippen LogP contribution in [0.3, 0.4) is 0 Å². The minimum Gasteiger partial charge on any atom is -0.456 e. The number of rotatable bonds is 2. The van der Waals surface area contributed by atoms with Crippen LogP contribution in [0.1, 0.15) is 36.7 Å². The number of amides is 1. The van der Waals surface area contributed by atoms with Gasteiger partial charge in [0.1, 0.15) is 5.60 Å². The molecule has 2 aromatic rings. The molecule has 0 radical (unpaired) electrons. The monoisotopic (exact) mass is 338 g/mol. The molecule has 0 fully saturated rings. The highest BCUT2D eigenvalue weighted by molar-refractivity contribution is 6.10. The van der Waals surface area contributed by atoms with Crippen molar-refractivity contribution < 1.29 is 14.3 Å². The molecule has 0 spiro atoms. The molecule has 1 amide bonds. The van der Waals surface area contributed by atoms with Gasteiger partial charge in [-0.15, -0.1) is 0 Å². The third kappa shape index (κ3) is 3.42. The van der Waals surface area contributed by atoms with E-state index in [-0.39, 0.29) is 5.91 Å². The quantitative estimate of drug-likeness (QED) is 0.854. The zero-order valence-corrected chi connectivity index (χ0v) is 14.7. The Labute approximate surface area is 147 Å². The summed E-state index contributed by atoms with van der Waals surface area (Å²) in [5, 5.41) is 0. The maximum Gasteiger partial charge on any atom is 0.340 e. The van der Waals surface area contributed by atoms with E-state index in [2.05, 4.69) is 0 Å². The Kier molecular flexibility index (Phi) is 4.35. The number of benzene rings is 2. The minimum atomic E-state index is -0.637. The Balaban J connectivity index is 2.11. The minimum absolute atomic E-state index is 0.227. The third-order valence-electron chi connectivity index (χ3n) is 3.97. The van der Waals surface area contributed by atoms with Crippen molar-refractivity contribution in [3.63, 3.8) is 0 Å². The van der Waals surface area contributed by atoms with Crippen molar-refractivity contribution >= 4 is 23.3 Å². The second-order valence-electron chi connectivity index (χ2n) is 7.13. The van der Waals surface area contributed by atoms with Crippen LogP contribution in [0.25, 0.3) is 0 Å². The van der Waals surface area contributed by atoms with Crippen molar-refractivity contribution in [3.05, 3.63) is 59.7 Å². The van der Waals surface area contributed by atoms with Crippen molar-refractivity contribution in [2.45, 2.75) is 38.8 Å². The molecule has 0 bridgehead atoms. The number of carbonyl (C=O) groups is 2. The van der Waals surface area contributed by atoms with Gasteiger partial charge in [-0.2, -0.15) is 0 Å². The first-order valence-electron chi connectivity index (χ1n) is 8.28. The van der Waals surface area contributed by atoms with Crippen LogP contribution in [0.15, 0.2) is 48.5 Å². The topological polar surface area (TPSA) is 72.6 Å². The van der Waals surface area contributed by atoms with Gasteiger partial charge in [0.25, 0.3) is 0 Å². The van der Waals surface area contributed by atoms with E-state index in [1.807, 2.05) is 45.0 Å². The standard InChI is InChI=1S/C20H22N2O3/c1-20(2,3)25-19(24)14-9-5-7-11-17(14)22-16-10-6-4-8-13(16)12-15(21)18(22)23/h4-11,15H,12,21H2,1-3H3. The van der Waals surface area contributed by atoms with Gasteiger partial charge in [0.15, 0.2) is 0 Å². The molecule has 1 heterocycles. The molecule has 1 aliphatic heterocycles. The van der Waals surface area contributed by atoms with Gasteiger partial charge in [0, 0.05) is 0 Å². The number of carbonyl (C=O) groups excluding carboxylic acids is 2. The molecule has 1 aliphatic rings. The molecule has 0 aliphatic carbocycles. The lowest BCUT2D eigenvalue weighted by molar-refractivity contribution is -0.119. The number of esters is 1. The lowest BCUT2D eigenvalue weighted by Crippen LogP contribution is -2.47. The third-order valence-corrected chi connectivity index (χ3v) is 3.97. The van der Waals surface area contributed by atoms with Crippen molar-refractivity contribution in [3.8, 4) is 0 Å². The number of fused-ring (bicyclic) bond motifs is 1.